The number of thiol groups is 1. The number of hydrogen-bond acceptors (Lipinski definition) is 4. The summed E-state index contributed by atoms with van der Waals surface area (Å²) in [5.41, 5.74) is 0. The zero-order chi connectivity index (χ0) is 9.40. The Balaban J connectivity index is 0. The summed E-state index contributed by atoms with van der Waals surface area (Å²) in [5, 5.41) is 2.47. The van der Waals surface area contributed by atoms with Crippen LogP contribution in [-0.4, -0.2) is 78.9 Å². The van der Waals surface area contributed by atoms with Gasteiger partial charge < -0.3 is 5.32 Å². The van der Waals surface area contributed by atoms with Gasteiger partial charge in [-0.1, -0.05) is 6.58 Å². The predicted octanol–water partition coefficient (Wildman–Crippen LogP) is -1.43. The van der Waals surface area contributed by atoms with E-state index in [-0.39, 0.29) is 63.9 Å². The molecule has 0 aromatic heterocycles. The molecule has 0 rings (SSSR count). The molecule has 0 spiro atoms. The average molecular weight is 233 g/mol. The fourth-order valence-electron chi connectivity index (χ4n) is 0.495. The molecule has 0 saturated carbocycles. The molecule has 0 bridgehead atoms. The van der Waals surface area contributed by atoms with Gasteiger partial charge in [-0.2, -0.15) is 0 Å². The molecule has 0 radical (unpaired) electrons. The fraction of sp³-hybridized carbons (Fsp3) is 0.500. The predicted molar refractivity (Wildman–Crippen MR) is 51.2 cm³/mol. The van der Waals surface area contributed by atoms with Crippen LogP contribution < -0.4 is 5.32 Å². The topological polar surface area (TPSA) is 72.5 Å². The van der Waals surface area contributed by atoms with Gasteiger partial charge in [-0.3, -0.25) is 8.98 Å². The summed E-state index contributed by atoms with van der Waals surface area (Å²) in [7, 11) is -2.77. The van der Waals surface area contributed by atoms with E-state index in [0.29, 0.717) is 13.0 Å². The van der Waals surface area contributed by atoms with Crippen LogP contribution in [0.2, 0.25) is 0 Å². The van der Waals surface area contributed by atoms with Crippen LogP contribution in [0.5, 0.6) is 0 Å². The number of carbonyl (C=O) groups excluding carboxylic acids is 1. The van der Waals surface area contributed by atoms with Crippen LogP contribution in [0.1, 0.15) is 6.42 Å². The first-order valence-electron chi connectivity index (χ1n) is 3.34. The molecule has 0 heterocycles. The van der Waals surface area contributed by atoms with Gasteiger partial charge in [0.25, 0.3) is 11.0 Å². The van der Waals surface area contributed by atoms with E-state index in [1.165, 1.54) is 0 Å². The van der Waals surface area contributed by atoms with Crippen molar-refractivity contribution >= 4 is 68.3 Å². The molecule has 0 aliphatic heterocycles. The van der Waals surface area contributed by atoms with Crippen molar-refractivity contribution in [3.8, 4) is 0 Å². The molecule has 0 fully saturated rings. The Morgan fingerprint density at radius 1 is 1.54 bits per heavy atom. The summed E-state index contributed by atoms with van der Waals surface area (Å²) in [5.74, 6) is -0.276. The van der Waals surface area contributed by atoms with Crippen molar-refractivity contribution in [3.63, 3.8) is 0 Å². The summed E-state index contributed by atoms with van der Waals surface area (Å²) in [6.07, 6.45) is 1.61. The third-order valence-electron chi connectivity index (χ3n) is 1.00. The Bertz CT molecular complexity index is 221. The summed E-state index contributed by atoms with van der Waals surface area (Å²) >= 11 is 0. The quantitative estimate of drug-likeness (QED) is 0.255. The van der Waals surface area contributed by atoms with Crippen molar-refractivity contribution < 1.29 is 17.4 Å². The zero-order valence-corrected chi connectivity index (χ0v) is 7.38. The van der Waals surface area contributed by atoms with E-state index in [4.69, 9.17) is 0 Å². The number of carbonyl (C=O) groups is 1. The van der Waals surface area contributed by atoms with Crippen LogP contribution in [0, 0.1) is 0 Å². The number of nitrogens with one attached hydrogen (secondary N) is 1. The minimum atomic E-state index is -2.77. The molecule has 0 unspecified atom stereocenters. The van der Waals surface area contributed by atoms with Gasteiger partial charge >= 0.3 is 51.4 Å². The van der Waals surface area contributed by atoms with Crippen LogP contribution in [0.4, 0.5) is 0 Å². The van der Waals surface area contributed by atoms with Gasteiger partial charge in [-0.15, -0.1) is 0 Å². The normalized spacial score (nSPS) is 9.00. The first-order chi connectivity index (χ1) is 5.66. The Hall–Kier alpha value is 0.756. The number of hydrogen-bond donors (Lipinski definition) is 2. The molecule has 0 aliphatic rings. The summed E-state index contributed by atoms with van der Waals surface area (Å²) < 4.78 is 24.0. The van der Waals surface area contributed by atoms with Crippen LogP contribution in [0.3, 0.4) is 0 Å². The van der Waals surface area contributed by atoms with Crippen molar-refractivity contribution in [1.82, 2.24) is 5.32 Å². The Morgan fingerprint density at radius 2 is 2.15 bits per heavy atom. The standard InChI is InChI=1S/C6H11NO4S.K.H/c1-2-6(8)7-4-3-5-11-12(9)10;;/h2,12H,1,3-5H2,(H,7,8);;. The van der Waals surface area contributed by atoms with Crippen LogP contribution in [-0.2, 0) is 20.0 Å². The summed E-state index contributed by atoms with van der Waals surface area (Å²) in [4.78, 5) is 10.5. The van der Waals surface area contributed by atoms with E-state index in [9.17, 15) is 13.2 Å². The van der Waals surface area contributed by atoms with E-state index < -0.39 is 11.0 Å². The fourth-order valence-corrected chi connectivity index (χ4v) is 0.773. The van der Waals surface area contributed by atoms with Gasteiger partial charge in [-0.05, 0) is 12.5 Å². The third kappa shape index (κ3) is 12.8. The molecule has 0 saturated heterocycles. The third-order valence-corrected chi connectivity index (χ3v) is 1.40. The van der Waals surface area contributed by atoms with Crippen molar-refractivity contribution in [1.29, 1.82) is 0 Å². The Labute approximate surface area is 121 Å². The molecular weight excluding hydrogens is 221 g/mol. The Morgan fingerprint density at radius 3 is 2.62 bits per heavy atom. The molecule has 0 atom stereocenters. The monoisotopic (exact) mass is 233 g/mol. The molecule has 7 heteroatoms. The first kappa shape index (κ1) is 16.2. The second kappa shape index (κ2) is 10.8. The first-order valence-corrected chi connectivity index (χ1v) is 4.44. The molecule has 72 valence electrons. The van der Waals surface area contributed by atoms with Gasteiger partial charge in [-0.25, -0.2) is 8.42 Å². The average Bonchev–Trinajstić information content (AvgIpc) is 2.03. The minimum absolute atomic E-state index is 0. The summed E-state index contributed by atoms with van der Waals surface area (Å²) in [6.45, 7) is 3.72. The van der Waals surface area contributed by atoms with Gasteiger partial charge in [0.2, 0.25) is 5.91 Å². The van der Waals surface area contributed by atoms with Crippen molar-refractivity contribution in [2.45, 2.75) is 6.42 Å². The molecule has 1 amide bonds. The Kier molecular flexibility index (Phi) is 13.5. The van der Waals surface area contributed by atoms with Gasteiger partial charge in [0.05, 0.1) is 6.61 Å². The maximum absolute atomic E-state index is 10.5. The molecule has 1 N–H and O–H groups in total. The molecular formula is C6H12KNO4S. The molecule has 0 aromatic rings. The van der Waals surface area contributed by atoms with Crippen molar-refractivity contribution in [3.05, 3.63) is 12.7 Å². The molecule has 13 heavy (non-hydrogen) atoms. The van der Waals surface area contributed by atoms with Crippen LogP contribution in [0.25, 0.3) is 0 Å². The van der Waals surface area contributed by atoms with Gasteiger partial charge in [0, 0.05) is 6.54 Å². The van der Waals surface area contributed by atoms with Gasteiger partial charge in [0.15, 0.2) is 0 Å². The van der Waals surface area contributed by atoms with E-state index in [1.807, 2.05) is 0 Å². The number of rotatable bonds is 6. The molecule has 5 nitrogen and oxygen atoms in total. The van der Waals surface area contributed by atoms with E-state index in [1.54, 1.807) is 0 Å². The molecule has 0 aliphatic carbocycles. The van der Waals surface area contributed by atoms with Crippen molar-refractivity contribution in [2.75, 3.05) is 13.2 Å². The second-order valence-electron chi connectivity index (χ2n) is 1.91. The maximum atomic E-state index is 10.5. The van der Waals surface area contributed by atoms with E-state index in [2.05, 4.69) is 16.1 Å². The van der Waals surface area contributed by atoms with E-state index in [0.717, 1.165) is 6.08 Å². The van der Waals surface area contributed by atoms with Crippen molar-refractivity contribution in [2.24, 2.45) is 0 Å². The van der Waals surface area contributed by atoms with E-state index >= 15 is 0 Å². The SMILES string of the molecule is C=CC(=O)NCCCO[SH](=O)=O.[KH]. The number of amides is 1. The van der Waals surface area contributed by atoms with Gasteiger partial charge in [0.1, 0.15) is 0 Å². The van der Waals surface area contributed by atoms with Crippen LogP contribution in [0.15, 0.2) is 12.7 Å². The van der Waals surface area contributed by atoms with Crippen LogP contribution >= 0.6 is 0 Å². The summed E-state index contributed by atoms with van der Waals surface area (Å²) in [6, 6.07) is 0. The molecule has 0 aromatic carbocycles. The zero-order valence-electron chi connectivity index (χ0n) is 6.49. The second-order valence-corrected chi connectivity index (χ2v) is 2.61.